The van der Waals surface area contributed by atoms with Crippen molar-refractivity contribution in [2.75, 3.05) is 0 Å². The monoisotopic (exact) mass is 206 g/mol. The Morgan fingerprint density at radius 3 is 2.80 bits per heavy atom. The molecule has 0 fully saturated rings. The summed E-state index contributed by atoms with van der Waals surface area (Å²) in [5, 5.41) is 13.1. The average molecular weight is 206 g/mol. The van der Waals surface area contributed by atoms with Crippen LogP contribution in [0.15, 0.2) is 30.5 Å². The zero-order chi connectivity index (χ0) is 10.8. The average Bonchev–Trinajstić information content (AvgIpc) is 2.64. The maximum atomic E-state index is 13.2. The Labute approximate surface area is 86.8 Å². The molecule has 0 aliphatic carbocycles. The Kier molecular flexibility index (Phi) is 2.51. The fraction of sp³-hybridized carbons (Fsp3) is 0.182. The van der Waals surface area contributed by atoms with E-state index < -0.39 is 0 Å². The molecule has 1 aromatic heterocycles. The quantitative estimate of drug-likeness (QED) is 0.813. The van der Waals surface area contributed by atoms with Crippen LogP contribution < -0.4 is 0 Å². The first kappa shape index (κ1) is 9.86. The minimum Gasteiger partial charge on any atom is -0.392 e. The van der Waals surface area contributed by atoms with E-state index in [4.69, 9.17) is 5.11 Å². The molecule has 0 aliphatic heterocycles. The van der Waals surface area contributed by atoms with Gasteiger partial charge in [0.15, 0.2) is 0 Å². The SMILES string of the molecule is Cc1ccn(-c2cc(F)cc(CO)c2)n1. The van der Waals surface area contributed by atoms with Gasteiger partial charge in [-0.25, -0.2) is 9.07 Å². The molecular formula is C11H11FN2O. The Balaban J connectivity index is 2.48. The third-order valence-electron chi connectivity index (χ3n) is 2.11. The van der Waals surface area contributed by atoms with Gasteiger partial charge in [-0.3, -0.25) is 0 Å². The van der Waals surface area contributed by atoms with Crippen LogP contribution in [0.2, 0.25) is 0 Å². The van der Waals surface area contributed by atoms with Crippen LogP contribution >= 0.6 is 0 Å². The number of hydrogen-bond donors (Lipinski definition) is 1. The normalized spacial score (nSPS) is 10.6. The largest absolute Gasteiger partial charge is 0.392 e. The first-order valence-corrected chi connectivity index (χ1v) is 4.62. The third kappa shape index (κ3) is 2.05. The first-order valence-electron chi connectivity index (χ1n) is 4.62. The van der Waals surface area contributed by atoms with Gasteiger partial charge in [0.05, 0.1) is 18.0 Å². The number of nitrogens with zero attached hydrogens (tertiary/aromatic N) is 2. The molecule has 0 atom stereocenters. The van der Waals surface area contributed by atoms with Crippen LogP contribution in [0.4, 0.5) is 4.39 Å². The molecular weight excluding hydrogens is 195 g/mol. The highest BCUT2D eigenvalue weighted by atomic mass is 19.1. The molecule has 0 bridgehead atoms. The van der Waals surface area contributed by atoms with E-state index in [2.05, 4.69) is 5.10 Å². The van der Waals surface area contributed by atoms with Gasteiger partial charge in [-0.05, 0) is 36.8 Å². The van der Waals surface area contributed by atoms with Crippen molar-refractivity contribution in [3.8, 4) is 5.69 Å². The lowest BCUT2D eigenvalue weighted by atomic mass is 10.2. The van der Waals surface area contributed by atoms with Crippen LogP contribution in [0.1, 0.15) is 11.3 Å². The lowest BCUT2D eigenvalue weighted by Crippen LogP contribution is -1.98. The van der Waals surface area contributed by atoms with E-state index in [1.54, 1.807) is 16.9 Å². The molecule has 2 rings (SSSR count). The van der Waals surface area contributed by atoms with Gasteiger partial charge in [0.1, 0.15) is 5.82 Å². The fourth-order valence-corrected chi connectivity index (χ4v) is 1.42. The van der Waals surface area contributed by atoms with Gasteiger partial charge < -0.3 is 5.11 Å². The number of aromatic nitrogens is 2. The van der Waals surface area contributed by atoms with E-state index in [1.165, 1.54) is 12.1 Å². The molecule has 78 valence electrons. The van der Waals surface area contributed by atoms with Crippen molar-refractivity contribution in [1.29, 1.82) is 0 Å². The van der Waals surface area contributed by atoms with Crippen LogP contribution in [0.5, 0.6) is 0 Å². The molecule has 2 aromatic rings. The molecule has 1 heterocycles. The zero-order valence-corrected chi connectivity index (χ0v) is 8.31. The topological polar surface area (TPSA) is 38.0 Å². The van der Waals surface area contributed by atoms with E-state index in [-0.39, 0.29) is 12.4 Å². The summed E-state index contributed by atoms with van der Waals surface area (Å²) in [7, 11) is 0. The van der Waals surface area contributed by atoms with E-state index in [0.29, 0.717) is 11.3 Å². The molecule has 0 aliphatic rings. The minimum absolute atomic E-state index is 0.176. The number of rotatable bonds is 2. The van der Waals surface area contributed by atoms with Crippen molar-refractivity contribution < 1.29 is 9.50 Å². The van der Waals surface area contributed by atoms with Crippen LogP contribution in [0.3, 0.4) is 0 Å². The smallest absolute Gasteiger partial charge is 0.125 e. The summed E-state index contributed by atoms with van der Waals surface area (Å²) in [5.41, 5.74) is 2.02. The van der Waals surface area contributed by atoms with Crippen molar-refractivity contribution in [2.24, 2.45) is 0 Å². The maximum Gasteiger partial charge on any atom is 0.125 e. The van der Waals surface area contributed by atoms with Crippen molar-refractivity contribution in [3.05, 3.63) is 47.5 Å². The summed E-state index contributed by atoms with van der Waals surface area (Å²) in [5.74, 6) is -0.371. The summed E-state index contributed by atoms with van der Waals surface area (Å²) >= 11 is 0. The van der Waals surface area contributed by atoms with Crippen molar-refractivity contribution >= 4 is 0 Å². The minimum atomic E-state index is -0.371. The first-order chi connectivity index (χ1) is 7.19. The van der Waals surface area contributed by atoms with Gasteiger partial charge >= 0.3 is 0 Å². The summed E-state index contributed by atoms with van der Waals surface area (Å²) < 4.78 is 14.7. The Hall–Kier alpha value is -1.68. The highest BCUT2D eigenvalue weighted by Crippen LogP contribution is 2.13. The Morgan fingerprint density at radius 1 is 1.40 bits per heavy atom. The second-order valence-corrected chi connectivity index (χ2v) is 3.38. The molecule has 0 saturated carbocycles. The summed E-state index contributed by atoms with van der Waals surface area (Å²) in [4.78, 5) is 0. The molecule has 15 heavy (non-hydrogen) atoms. The second kappa shape index (κ2) is 3.82. The molecule has 0 amide bonds. The standard InChI is InChI=1S/C11H11FN2O/c1-8-2-3-14(13-8)11-5-9(7-15)4-10(12)6-11/h2-6,15H,7H2,1H3. The molecule has 0 spiro atoms. The fourth-order valence-electron chi connectivity index (χ4n) is 1.42. The van der Waals surface area contributed by atoms with E-state index in [0.717, 1.165) is 5.69 Å². The number of halogens is 1. The molecule has 0 saturated heterocycles. The van der Waals surface area contributed by atoms with Crippen molar-refractivity contribution in [1.82, 2.24) is 9.78 Å². The highest BCUT2D eigenvalue weighted by molar-refractivity contribution is 5.35. The van der Waals surface area contributed by atoms with Gasteiger partial charge in [0, 0.05) is 6.20 Å². The molecule has 0 unspecified atom stereocenters. The molecule has 0 radical (unpaired) electrons. The van der Waals surface area contributed by atoms with Crippen LogP contribution in [0.25, 0.3) is 5.69 Å². The van der Waals surface area contributed by atoms with Gasteiger partial charge in [-0.2, -0.15) is 5.10 Å². The van der Waals surface area contributed by atoms with E-state index in [1.807, 2.05) is 13.0 Å². The van der Waals surface area contributed by atoms with Crippen LogP contribution in [-0.4, -0.2) is 14.9 Å². The number of hydrogen-bond acceptors (Lipinski definition) is 2. The van der Waals surface area contributed by atoms with Gasteiger partial charge in [0.25, 0.3) is 0 Å². The summed E-state index contributed by atoms with van der Waals surface area (Å²) in [6.07, 6.45) is 1.76. The van der Waals surface area contributed by atoms with Gasteiger partial charge in [0.2, 0.25) is 0 Å². The second-order valence-electron chi connectivity index (χ2n) is 3.38. The maximum absolute atomic E-state index is 13.2. The summed E-state index contributed by atoms with van der Waals surface area (Å²) in [6, 6.07) is 6.23. The predicted octanol–water partition coefficient (Wildman–Crippen LogP) is 1.81. The molecule has 1 aromatic carbocycles. The lowest BCUT2D eigenvalue weighted by molar-refractivity contribution is 0.281. The number of aliphatic hydroxyl groups excluding tert-OH is 1. The van der Waals surface area contributed by atoms with Gasteiger partial charge in [-0.15, -0.1) is 0 Å². The van der Waals surface area contributed by atoms with Crippen molar-refractivity contribution in [2.45, 2.75) is 13.5 Å². The number of aliphatic hydroxyl groups is 1. The van der Waals surface area contributed by atoms with Crippen LogP contribution in [0, 0.1) is 12.7 Å². The van der Waals surface area contributed by atoms with Crippen molar-refractivity contribution in [3.63, 3.8) is 0 Å². The predicted molar refractivity (Wildman–Crippen MR) is 54.2 cm³/mol. The Bertz CT molecular complexity index is 479. The number of benzene rings is 1. The van der Waals surface area contributed by atoms with Gasteiger partial charge in [-0.1, -0.05) is 0 Å². The molecule has 4 heteroatoms. The Morgan fingerprint density at radius 2 is 2.20 bits per heavy atom. The lowest BCUT2D eigenvalue weighted by Gasteiger charge is -2.04. The molecule has 1 N–H and O–H groups in total. The third-order valence-corrected chi connectivity index (χ3v) is 2.11. The summed E-state index contributed by atoms with van der Waals surface area (Å²) in [6.45, 7) is 1.69. The van der Waals surface area contributed by atoms with Crippen LogP contribution in [-0.2, 0) is 6.61 Å². The highest BCUT2D eigenvalue weighted by Gasteiger charge is 2.03. The van der Waals surface area contributed by atoms with E-state index in [9.17, 15) is 4.39 Å². The molecule has 3 nitrogen and oxygen atoms in total. The number of aryl methyl sites for hydroxylation is 1. The zero-order valence-electron chi connectivity index (χ0n) is 8.31. The van der Waals surface area contributed by atoms with E-state index >= 15 is 0 Å².